The second kappa shape index (κ2) is 6.22. The van der Waals surface area contributed by atoms with Crippen molar-refractivity contribution in [1.29, 1.82) is 0 Å². The molecule has 0 bridgehead atoms. The lowest BCUT2D eigenvalue weighted by molar-refractivity contribution is 0.188. The minimum Gasteiger partial charge on any atom is -0.353 e. The van der Waals surface area contributed by atoms with Gasteiger partial charge < -0.3 is 14.8 Å². The second-order valence-corrected chi connectivity index (χ2v) is 5.82. The lowest BCUT2D eigenvalue weighted by Gasteiger charge is -2.27. The van der Waals surface area contributed by atoms with E-state index in [2.05, 4.69) is 20.9 Å². The van der Waals surface area contributed by atoms with E-state index in [-0.39, 0.29) is 18.1 Å². The van der Waals surface area contributed by atoms with Gasteiger partial charge in [0.05, 0.1) is 17.8 Å². The van der Waals surface area contributed by atoms with E-state index in [1.54, 1.807) is 6.20 Å². The summed E-state index contributed by atoms with van der Waals surface area (Å²) in [5.74, 6) is 0. The molecular formula is C17H22N4O. The molecule has 3 heterocycles. The number of likely N-dealkylation sites (tertiary alicyclic amines) is 1. The summed E-state index contributed by atoms with van der Waals surface area (Å²) in [6.45, 7) is 2.77. The molecule has 1 aliphatic rings. The molecule has 1 aliphatic heterocycles. The summed E-state index contributed by atoms with van der Waals surface area (Å²) in [4.78, 5) is 18.9. The highest BCUT2D eigenvalue weighted by molar-refractivity contribution is 5.75. The molecular weight excluding hydrogens is 276 g/mol. The van der Waals surface area contributed by atoms with Crippen molar-refractivity contribution in [3.8, 4) is 0 Å². The zero-order valence-corrected chi connectivity index (χ0v) is 13.1. The summed E-state index contributed by atoms with van der Waals surface area (Å²) in [6, 6.07) is 9.93. The molecule has 22 heavy (non-hydrogen) atoms. The third kappa shape index (κ3) is 2.84. The van der Waals surface area contributed by atoms with Crippen LogP contribution >= 0.6 is 0 Å². The lowest BCUT2D eigenvalue weighted by atomic mass is 10.1. The Labute approximate surface area is 131 Å². The third-order valence-electron chi connectivity index (χ3n) is 4.31. The number of hydrogen-bond donors (Lipinski definition) is 1. The fourth-order valence-electron chi connectivity index (χ4n) is 3.11. The minimum atomic E-state index is -0.0941. The molecule has 1 N–H and O–H groups in total. The van der Waals surface area contributed by atoms with Crippen molar-refractivity contribution in [2.24, 2.45) is 7.05 Å². The standard InChI is InChI=1S/C17H22N4O/c1-13(14-7-3-4-10-18-14)19-17(22)21-12-6-9-16(21)15-8-5-11-20(15)2/h3-5,7-8,10-11,13,16H,6,9,12H2,1-2H3,(H,19,22)/t13-,16+/m0/s1. The predicted molar refractivity (Wildman–Crippen MR) is 85.3 cm³/mol. The van der Waals surface area contributed by atoms with Crippen LogP contribution in [0.1, 0.15) is 43.2 Å². The van der Waals surface area contributed by atoms with Crippen molar-refractivity contribution in [3.05, 3.63) is 54.1 Å². The van der Waals surface area contributed by atoms with Crippen LogP contribution in [-0.4, -0.2) is 27.0 Å². The van der Waals surface area contributed by atoms with Crippen molar-refractivity contribution in [1.82, 2.24) is 19.8 Å². The van der Waals surface area contributed by atoms with Crippen molar-refractivity contribution < 1.29 is 4.79 Å². The van der Waals surface area contributed by atoms with Crippen LogP contribution in [0, 0.1) is 0 Å². The first kappa shape index (κ1) is 14.6. The smallest absolute Gasteiger partial charge is 0.318 e. The maximum Gasteiger partial charge on any atom is 0.318 e. The number of pyridine rings is 1. The van der Waals surface area contributed by atoms with Gasteiger partial charge in [-0.25, -0.2) is 4.79 Å². The van der Waals surface area contributed by atoms with Crippen LogP contribution in [-0.2, 0) is 7.05 Å². The Morgan fingerprint density at radius 3 is 2.91 bits per heavy atom. The van der Waals surface area contributed by atoms with Crippen LogP contribution in [0.15, 0.2) is 42.7 Å². The Hall–Kier alpha value is -2.30. The van der Waals surface area contributed by atoms with Gasteiger partial charge in [-0.1, -0.05) is 6.07 Å². The number of nitrogens with zero attached hydrogens (tertiary/aromatic N) is 3. The molecule has 116 valence electrons. The number of amides is 2. The van der Waals surface area contributed by atoms with E-state index in [4.69, 9.17) is 0 Å². The van der Waals surface area contributed by atoms with Gasteiger partial charge in [-0.15, -0.1) is 0 Å². The van der Waals surface area contributed by atoms with Gasteiger partial charge in [-0.3, -0.25) is 4.98 Å². The Balaban J connectivity index is 1.70. The minimum absolute atomic E-state index is 0.0122. The normalized spacial score (nSPS) is 19.2. The highest BCUT2D eigenvalue weighted by Gasteiger charge is 2.31. The lowest BCUT2D eigenvalue weighted by Crippen LogP contribution is -2.41. The molecule has 0 spiro atoms. The summed E-state index contributed by atoms with van der Waals surface area (Å²) < 4.78 is 2.10. The van der Waals surface area contributed by atoms with Gasteiger partial charge in [0, 0.05) is 31.7 Å². The summed E-state index contributed by atoms with van der Waals surface area (Å²) in [7, 11) is 2.03. The highest BCUT2D eigenvalue weighted by Crippen LogP contribution is 2.32. The summed E-state index contributed by atoms with van der Waals surface area (Å²) >= 11 is 0. The van der Waals surface area contributed by atoms with Crippen LogP contribution in [0.5, 0.6) is 0 Å². The molecule has 0 saturated carbocycles. The highest BCUT2D eigenvalue weighted by atomic mass is 16.2. The maximum atomic E-state index is 12.6. The largest absolute Gasteiger partial charge is 0.353 e. The number of rotatable bonds is 3. The predicted octanol–water partition coefficient (Wildman–Crippen LogP) is 3.03. The van der Waals surface area contributed by atoms with E-state index >= 15 is 0 Å². The van der Waals surface area contributed by atoms with Gasteiger partial charge in [0.25, 0.3) is 0 Å². The number of aryl methyl sites for hydroxylation is 1. The third-order valence-corrected chi connectivity index (χ3v) is 4.31. The first-order chi connectivity index (χ1) is 10.7. The molecule has 0 radical (unpaired) electrons. The summed E-state index contributed by atoms with van der Waals surface area (Å²) in [5, 5.41) is 3.06. The van der Waals surface area contributed by atoms with Crippen LogP contribution in [0.25, 0.3) is 0 Å². The monoisotopic (exact) mass is 298 g/mol. The number of carbonyl (C=O) groups excluding carboxylic acids is 1. The van der Waals surface area contributed by atoms with Gasteiger partial charge >= 0.3 is 6.03 Å². The average Bonchev–Trinajstić information content (AvgIpc) is 3.16. The van der Waals surface area contributed by atoms with Crippen LogP contribution in [0.4, 0.5) is 4.79 Å². The number of urea groups is 1. The fourth-order valence-corrected chi connectivity index (χ4v) is 3.11. The fraction of sp³-hybridized carbons (Fsp3) is 0.412. The SMILES string of the molecule is C[C@H](NC(=O)N1CCC[C@@H]1c1cccn1C)c1ccccn1. The number of nitrogens with one attached hydrogen (secondary N) is 1. The summed E-state index contributed by atoms with van der Waals surface area (Å²) in [6.07, 6.45) is 5.84. The summed E-state index contributed by atoms with van der Waals surface area (Å²) in [5.41, 5.74) is 2.07. The van der Waals surface area contributed by atoms with E-state index in [1.165, 1.54) is 5.69 Å². The molecule has 2 aromatic rings. The number of hydrogen-bond acceptors (Lipinski definition) is 2. The van der Waals surface area contributed by atoms with Gasteiger partial charge in [-0.2, -0.15) is 0 Å². The molecule has 0 aliphatic carbocycles. The quantitative estimate of drug-likeness (QED) is 0.947. The Morgan fingerprint density at radius 2 is 2.23 bits per heavy atom. The van der Waals surface area contributed by atoms with E-state index in [0.717, 1.165) is 25.1 Å². The molecule has 5 heteroatoms. The van der Waals surface area contributed by atoms with Crippen LogP contribution in [0.2, 0.25) is 0 Å². The maximum absolute atomic E-state index is 12.6. The van der Waals surface area contributed by atoms with Crippen LogP contribution in [0.3, 0.4) is 0 Å². The zero-order chi connectivity index (χ0) is 15.5. The van der Waals surface area contributed by atoms with E-state index in [1.807, 2.05) is 49.3 Å². The Kier molecular flexibility index (Phi) is 4.13. The van der Waals surface area contributed by atoms with Crippen molar-refractivity contribution in [2.45, 2.75) is 31.8 Å². The van der Waals surface area contributed by atoms with Crippen molar-refractivity contribution in [2.75, 3.05) is 6.54 Å². The van der Waals surface area contributed by atoms with Gasteiger partial charge in [-0.05, 0) is 44.0 Å². The van der Waals surface area contributed by atoms with E-state index < -0.39 is 0 Å². The topological polar surface area (TPSA) is 50.2 Å². The van der Waals surface area contributed by atoms with E-state index in [9.17, 15) is 4.79 Å². The Morgan fingerprint density at radius 1 is 1.36 bits per heavy atom. The first-order valence-corrected chi connectivity index (χ1v) is 7.76. The molecule has 1 fully saturated rings. The molecule has 0 aromatic carbocycles. The van der Waals surface area contributed by atoms with Crippen molar-refractivity contribution in [3.63, 3.8) is 0 Å². The van der Waals surface area contributed by atoms with Gasteiger partial charge in [0.1, 0.15) is 0 Å². The average molecular weight is 298 g/mol. The molecule has 5 nitrogen and oxygen atoms in total. The molecule has 2 aromatic heterocycles. The van der Waals surface area contributed by atoms with Gasteiger partial charge in [0.2, 0.25) is 0 Å². The molecule has 2 atom stereocenters. The number of aromatic nitrogens is 2. The molecule has 3 rings (SSSR count). The molecule has 0 unspecified atom stereocenters. The molecule has 2 amide bonds. The van der Waals surface area contributed by atoms with Gasteiger partial charge in [0.15, 0.2) is 0 Å². The van der Waals surface area contributed by atoms with Crippen molar-refractivity contribution >= 4 is 6.03 Å². The first-order valence-electron chi connectivity index (χ1n) is 7.76. The van der Waals surface area contributed by atoms with Crippen LogP contribution < -0.4 is 5.32 Å². The second-order valence-electron chi connectivity index (χ2n) is 5.82. The number of carbonyl (C=O) groups is 1. The Bertz CT molecular complexity index is 637. The van der Waals surface area contributed by atoms with E-state index in [0.29, 0.717) is 0 Å². The molecule has 1 saturated heterocycles. The zero-order valence-electron chi connectivity index (χ0n) is 13.1.